The average Bonchev–Trinajstić information content (AvgIpc) is 3.33. The van der Waals surface area contributed by atoms with Crippen molar-refractivity contribution in [3.05, 3.63) is 89.0 Å². The van der Waals surface area contributed by atoms with E-state index in [1.165, 1.54) is 12.1 Å². The molecule has 0 aromatic heterocycles. The van der Waals surface area contributed by atoms with Gasteiger partial charge >= 0.3 is 0 Å². The maximum Gasteiger partial charge on any atom is 0.150 e. The van der Waals surface area contributed by atoms with Gasteiger partial charge < -0.3 is 14.6 Å². The average molecular weight is 496 g/mol. The Morgan fingerprint density at radius 1 is 1.03 bits per heavy atom. The van der Waals surface area contributed by atoms with Crippen molar-refractivity contribution in [2.75, 3.05) is 32.9 Å². The van der Waals surface area contributed by atoms with E-state index in [9.17, 15) is 18.3 Å². The van der Waals surface area contributed by atoms with E-state index in [1.54, 1.807) is 18.2 Å². The number of phenolic OH excluding ortho intramolecular Hbond substituents is 1. The van der Waals surface area contributed by atoms with Gasteiger partial charge in [0.25, 0.3) is 0 Å². The van der Waals surface area contributed by atoms with E-state index in [1.807, 2.05) is 31.2 Å². The molecular weight excluding hydrogens is 467 g/mol. The van der Waals surface area contributed by atoms with Crippen LogP contribution in [0, 0.1) is 17.6 Å². The second kappa shape index (κ2) is 10.3. The van der Waals surface area contributed by atoms with E-state index in [0.29, 0.717) is 29.2 Å². The van der Waals surface area contributed by atoms with Gasteiger partial charge in [0, 0.05) is 41.8 Å². The van der Waals surface area contributed by atoms with Crippen molar-refractivity contribution in [2.24, 2.45) is 5.92 Å². The zero-order valence-electron chi connectivity index (χ0n) is 20.0. The first-order chi connectivity index (χ1) is 17.4. The standard InChI is InChI=1S/C29H28F3NO3/c1-18-25-15-22(34)5-9-27(25)36-29(28(18)24-8-4-21(31)14-26(24)32)20-2-6-23(7-3-20)35-13-12-33-11-10-19(16-30)17-33/h2-9,14-15,19,29,34H,10-13,16-17H2,1H3/t19-,29?/m0/s1. The molecule has 1 N–H and O–H groups in total. The van der Waals surface area contributed by atoms with Gasteiger partial charge in [0.05, 0.1) is 6.67 Å². The van der Waals surface area contributed by atoms with Crippen LogP contribution in [0.25, 0.3) is 11.1 Å². The van der Waals surface area contributed by atoms with Crippen molar-refractivity contribution in [3.8, 4) is 17.2 Å². The molecule has 1 saturated heterocycles. The number of ether oxygens (including phenoxy) is 2. The largest absolute Gasteiger partial charge is 0.508 e. The molecule has 3 aromatic rings. The second-order valence-electron chi connectivity index (χ2n) is 9.37. The molecule has 3 aromatic carbocycles. The molecule has 0 saturated carbocycles. The number of benzene rings is 3. The van der Waals surface area contributed by atoms with Crippen molar-refractivity contribution in [3.63, 3.8) is 0 Å². The predicted octanol–water partition coefficient (Wildman–Crippen LogP) is 6.41. The van der Waals surface area contributed by atoms with Crippen LogP contribution in [0.1, 0.15) is 36.1 Å². The van der Waals surface area contributed by atoms with E-state index >= 15 is 0 Å². The molecule has 0 amide bonds. The summed E-state index contributed by atoms with van der Waals surface area (Å²) in [5.41, 5.74) is 2.98. The lowest BCUT2D eigenvalue weighted by Crippen LogP contribution is -2.26. The van der Waals surface area contributed by atoms with Gasteiger partial charge in [-0.15, -0.1) is 0 Å². The van der Waals surface area contributed by atoms with Gasteiger partial charge in [-0.3, -0.25) is 9.29 Å². The number of fused-ring (bicyclic) bond motifs is 1. The fourth-order valence-corrected chi connectivity index (χ4v) is 5.00. The Morgan fingerprint density at radius 2 is 1.83 bits per heavy atom. The Bertz CT molecular complexity index is 1280. The molecule has 7 heteroatoms. The first-order valence-electron chi connectivity index (χ1n) is 12.1. The minimum atomic E-state index is -0.682. The molecule has 2 aliphatic heterocycles. The highest BCUT2D eigenvalue weighted by Crippen LogP contribution is 2.48. The number of nitrogens with zero attached hydrogens (tertiary/aromatic N) is 1. The summed E-state index contributed by atoms with van der Waals surface area (Å²) in [4.78, 5) is 2.21. The number of halogens is 3. The van der Waals surface area contributed by atoms with Crippen molar-refractivity contribution in [2.45, 2.75) is 19.4 Å². The first kappa shape index (κ1) is 24.3. The number of likely N-dealkylation sites (tertiary alicyclic amines) is 1. The lowest BCUT2D eigenvalue weighted by atomic mass is 9.86. The molecule has 5 rings (SSSR count). The van der Waals surface area contributed by atoms with E-state index in [2.05, 4.69) is 4.90 Å². The Kier molecular flexibility index (Phi) is 6.92. The number of alkyl halides is 1. The minimum Gasteiger partial charge on any atom is -0.508 e. The summed E-state index contributed by atoms with van der Waals surface area (Å²) in [7, 11) is 0. The Balaban J connectivity index is 1.39. The van der Waals surface area contributed by atoms with E-state index in [4.69, 9.17) is 9.47 Å². The van der Waals surface area contributed by atoms with Crippen LogP contribution in [0.2, 0.25) is 0 Å². The van der Waals surface area contributed by atoms with Crippen molar-refractivity contribution < 1.29 is 27.8 Å². The Hall–Kier alpha value is -3.45. The SMILES string of the molecule is CC1=C(c2ccc(F)cc2F)C(c2ccc(OCCN3CC[C@@H](CF)C3)cc2)Oc2ccc(O)cc21. The number of allylic oxidation sites excluding steroid dienone is 1. The maximum absolute atomic E-state index is 14.9. The molecule has 0 aliphatic carbocycles. The number of hydrogen-bond donors (Lipinski definition) is 1. The topological polar surface area (TPSA) is 41.9 Å². The predicted molar refractivity (Wildman–Crippen MR) is 133 cm³/mol. The van der Waals surface area contributed by atoms with Crippen LogP contribution in [0.3, 0.4) is 0 Å². The zero-order valence-corrected chi connectivity index (χ0v) is 20.0. The van der Waals surface area contributed by atoms with E-state index in [0.717, 1.165) is 43.3 Å². The summed E-state index contributed by atoms with van der Waals surface area (Å²) in [6.45, 7) is 4.47. The normalized spacial score (nSPS) is 19.8. The molecule has 2 aliphatic rings. The zero-order chi connectivity index (χ0) is 25.2. The summed E-state index contributed by atoms with van der Waals surface area (Å²) >= 11 is 0. The third-order valence-corrected chi connectivity index (χ3v) is 6.95. The summed E-state index contributed by atoms with van der Waals surface area (Å²) in [5, 5.41) is 10.00. The number of rotatable bonds is 7. The fourth-order valence-electron chi connectivity index (χ4n) is 5.00. The van der Waals surface area contributed by atoms with Crippen LogP contribution in [-0.2, 0) is 0 Å². The van der Waals surface area contributed by atoms with E-state index in [-0.39, 0.29) is 23.9 Å². The molecule has 36 heavy (non-hydrogen) atoms. The molecule has 2 heterocycles. The van der Waals surface area contributed by atoms with Gasteiger partial charge in [0.15, 0.2) is 0 Å². The molecule has 2 atom stereocenters. The lowest BCUT2D eigenvalue weighted by Gasteiger charge is -2.31. The summed E-state index contributed by atoms with van der Waals surface area (Å²) in [6, 6.07) is 15.7. The molecule has 4 nitrogen and oxygen atoms in total. The van der Waals surface area contributed by atoms with Gasteiger partial charge in [0.2, 0.25) is 0 Å². The fraction of sp³-hybridized carbons (Fsp3) is 0.310. The van der Waals surface area contributed by atoms with Gasteiger partial charge in [0.1, 0.15) is 41.6 Å². The highest BCUT2D eigenvalue weighted by atomic mass is 19.1. The van der Waals surface area contributed by atoms with Gasteiger partial charge in [-0.25, -0.2) is 8.78 Å². The van der Waals surface area contributed by atoms with Gasteiger partial charge in [-0.2, -0.15) is 0 Å². The van der Waals surface area contributed by atoms with Crippen LogP contribution in [0.15, 0.2) is 60.7 Å². The smallest absolute Gasteiger partial charge is 0.150 e. The molecule has 0 spiro atoms. The summed E-state index contributed by atoms with van der Waals surface area (Å²) in [6.07, 6.45) is 0.248. The third-order valence-electron chi connectivity index (χ3n) is 6.95. The van der Waals surface area contributed by atoms with Crippen LogP contribution in [0.5, 0.6) is 17.2 Å². The van der Waals surface area contributed by atoms with Gasteiger partial charge in [-0.05, 0) is 73.5 Å². The van der Waals surface area contributed by atoms with Gasteiger partial charge in [-0.1, -0.05) is 12.1 Å². The first-order valence-corrected chi connectivity index (χ1v) is 12.1. The minimum absolute atomic E-state index is 0.0738. The number of hydrogen-bond acceptors (Lipinski definition) is 4. The quantitative estimate of drug-likeness (QED) is 0.412. The third kappa shape index (κ3) is 4.93. The maximum atomic E-state index is 14.9. The molecule has 1 unspecified atom stereocenters. The summed E-state index contributed by atoms with van der Waals surface area (Å²) < 4.78 is 53.6. The molecular formula is C29H28F3NO3. The van der Waals surface area contributed by atoms with Crippen LogP contribution in [-0.4, -0.2) is 42.9 Å². The highest BCUT2D eigenvalue weighted by molar-refractivity contribution is 5.95. The molecule has 188 valence electrons. The van der Waals surface area contributed by atoms with Crippen LogP contribution in [0.4, 0.5) is 13.2 Å². The highest BCUT2D eigenvalue weighted by Gasteiger charge is 2.31. The summed E-state index contributed by atoms with van der Waals surface area (Å²) in [5.74, 6) is 0.126. The monoisotopic (exact) mass is 495 g/mol. The Morgan fingerprint density at radius 3 is 2.56 bits per heavy atom. The van der Waals surface area contributed by atoms with Crippen molar-refractivity contribution in [1.29, 1.82) is 0 Å². The Labute approximate surface area is 208 Å². The van der Waals surface area contributed by atoms with E-state index < -0.39 is 17.7 Å². The second-order valence-corrected chi connectivity index (χ2v) is 9.37. The van der Waals surface area contributed by atoms with Crippen molar-refractivity contribution >= 4 is 11.1 Å². The van der Waals surface area contributed by atoms with Crippen molar-refractivity contribution in [1.82, 2.24) is 4.90 Å². The number of phenols is 1. The van der Waals surface area contributed by atoms with Crippen LogP contribution >= 0.6 is 0 Å². The molecule has 0 radical (unpaired) electrons. The van der Waals surface area contributed by atoms with Crippen LogP contribution < -0.4 is 9.47 Å². The number of aromatic hydroxyl groups is 1. The lowest BCUT2D eigenvalue weighted by molar-refractivity contribution is 0.228. The molecule has 0 bridgehead atoms. The molecule has 1 fully saturated rings.